The van der Waals surface area contributed by atoms with Crippen LogP contribution >= 0.6 is 34.8 Å². The summed E-state index contributed by atoms with van der Waals surface area (Å²) in [5.74, 6) is -0.623. The largest absolute Gasteiger partial charge is 0.495 e. The molecule has 1 atom stereocenters. The Bertz CT molecular complexity index is 1190. The Morgan fingerprint density at radius 3 is 2.17 bits per heavy atom. The minimum Gasteiger partial charge on any atom is -0.495 e. The fourth-order valence-electron chi connectivity index (χ4n) is 3.25. The Morgan fingerprint density at radius 1 is 1.00 bits per heavy atom. The summed E-state index contributed by atoms with van der Waals surface area (Å²) in [5.41, 5.74) is 0.802. The predicted molar refractivity (Wildman–Crippen MR) is 140 cm³/mol. The van der Waals surface area contributed by atoms with Gasteiger partial charge in [0.15, 0.2) is 0 Å². The molecule has 2 amide bonds. The molecule has 0 saturated carbocycles. The normalized spacial score (nSPS) is 12.3. The number of carbonyl (C=O) groups excluding carboxylic acids is 2. The number of carbonyl (C=O) groups is 2. The molecule has 192 valence electrons. The van der Waals surface area contributed by atoms with Crippen molar-refractivity contribution in [2.75, 3.05) is 24.2 Å². The summed E-state index contributed by atoms with van der Waals surface area (Å²) in [6.07, 6.45) is 0.983. The van der Waals surface area contributed by atoms with Crippen LogP contribution in [0.2, 0.25) is 15.1 Å². The first-order chi connectivity index (χ1) is 16.2. The van der Waals surface area contributed by atoms with E-state index in [0.717, 1.165) is 10.6 Å². The summed E-state index contributed by atoms with van der Waals surface area (Å²) < 4.78 is 31.3. The SMILES string of the molecule is COc1ccc(N(CC(=O)N(Cc2ccc(Cl)c(Cl)c2)[C@H](C)C(=O)NC(C)C)S(C)(=O)=O)cc1Cl. The van der Waals surface area contributed by atoms with Crippen LogP contribution in [0.15, 0.2) is 36.4 Å². The van der Waals surface area contributed by atoms with Gasteiger partial charge in [-0.3, -0.25) is 13.9 Å². The lowest BCUT2D eigenvalue weighted by Gasteiger charge is -2.32. The van der Waals surface area contributed by atoms with Crippen LogP contribution in [0.1, 0.15) is 26.3 Å². The van der Waals surface area contributed by atoms with Gasteiger partial charge in [0.25, 0.3) is 0 Å². The molecular weight excluding hydrogens is 537 g/mol. The number of anilines is 1. The van der Waals surface area contributed by atoms with Gasteiger partial charge in [-0.25, -0.2) is 8.42 Å². The maximum absolute atomic E-state index is 13.5. The van der Waals surface area contributed by atoms with Gasteiger partial charge in [0.2, 0.25) is 21.8 Å². The first-order valence-electron chi connectivity index (χ1n) is 10.6. The van der Waals surface area contributed by atoms with Gasteiger partial charge in [0, 0.05) is 12.6 Å². The topological polar surface area (TPSA) is 96.0 Å². The average molecular weight is 565 g/mol. The molecule has 0 unspecified atom stereocenters. The molecule has 0 aliphatic rings. The third-order valence-electron chi connectivity index (χ3n) is 5.04. The molecule has 0 bridgehead atoms. The second-order valence-corrected chi connectivity index (χ2v) is 11.3. The number of nitrogens with one attached hydrogen (secondary N) is 1. The average Bonchev–Trinajstić information content (AvgIpc) is 2.76. The molecule has 0 aliphatic heterocycles. The highest BCUT2D eigenvalue weighted by Crippen LogP contribution is 2.30. The van der Waals surface area contributed by atoms with Gasteiger partial charge in [-0.2, -0.15) is 0 Å². The Morgan fingerprint density at radius 2 is 1.66 bits per heavy atom. The predicted octanol–water partition coefficient (Wildman–Crippen LogP) is 4.36. The quantitative estimate of drug-likeness (QED) is 0.463. The number of methoxy groups -OCH3 is 1. The Balaban J connectivity index is 2.44. The van der Waals surface area contributed by atoms with Gasteiger partial charge in [-0.1, -0.05) is 40.9 Å². The van der Waals surface area contributed by atoms with Crippen LogP contribution in [-0.4, -0.2) is 57.1 Å². The van der Waals surface area contributed by atoms with E-state index in [4.69, 9.17) is 39.5 Å². The Kier molecular flexibility index (Phi) is 10.1. The van der Waals surface area contributed by atoms with Gasteiger partial charge in [-0.15, -0.1) is 0 Å². The number of ether oxygens (including phenoxy) is 1. The van der Waals surface area contributed by atoms with Crippen molar-refractivity contribution in [3.8, 4) is 5.75 Å². The minimum absolute atomic E-state index is 0.00335. The monoisotopic (exact) mass is 563 g/mol. The van der Waals surface area contributed by atoms with Crippen molar-refractivity contribution in [3.63, 3.8) is 0 Å². The number of benzene rings is 2. The van der Waals surface area contributed by atoms with Gasteiger partial charge in [-0.05, 0) is 56.7 Å². The van der Waals surface area contributed by atoms with Gasteiger partial charge < -0.3 is 15.0 Å². The summed E-state index contributed by atoms with van der Waals surface area (Å²) in [5, 5.41) is 3.60. The zero-order chi connectivity index (χ0) is 26.5. The molecule has 2 rings (SSSR count). The fraction of sp³-hybridized carbons (Fsp3) is 0.391. The van der Waals surface area contributed by atoms with E-state index in [1.54, 1.807) is 39.0 Å². The van der Waals surface area contributed by atoms with Crippen LogP contribution in [0.3, 0.4) is 0 Å². The molecular formula is C23H28Cl3N3O5S. The highest BCUT2D eigenvalue weighted by Gasteiger charge is 2.30. The lowest BCUT2D eigenvalue weighted by molar-refractivity contribution is -0.139. The van der Waals surface area contributed by atoms with Crippen molar-refractivity contribution >= 4 is 62.3 Å². The molecule has 0 radical (unpaired) electrons. The third kappa shape index (κ3) is 7.90. The number of rotatable bonds is 10. The van der Waals surface area contributed by atoms with Gasteiger partial charge in [0.05, 0.1) is 34.1 Å². The van der Waals surface area contributed by atoms with Crippen LogP contribution in [0, 0.1) is 0 Å². The van der Waals surface area contributed by atoms with E-state index in [1.807, 2.05) is 0 Å². The number of halogens is 3. The number of amides is 2. The first kappa shape index (κ1) is 29.0. The van der Waals surface area contributed by atoms with E-state index >= 15 is 0 Å². The number of nitrogens with zero attached hydrogens (tertiary/aromatic N) is 2. The number of sulfonamides is 1. The molecule has 0 aromatic heterocycles. The van der Waals surface area contributed by atoms with Crippen molar-refractivity contribution in [1.29, 1.82) is 0 Å². The maximum Gasteiger partial charge on any atom is 0.244 e. The highest BCUT2D eigenvalue weighted by atomic mass is 35.5. The van der Waals surface area contributed by atoms with E-state index < -0.39 is 28.5 Å². The second kappa shape index (κ2) is 12.2. The second-order valence-electron chi connectivity index (χ2n) is 8.20. The molecule has 0 heterocycles. The van der Waals surface area contributed by atoms with Crippen molar-refractivity contribution in [1.82, 2.24) is 10.2 Å². The summed E-state index contributed by atoms with van der Waals surface area (Å²) in [7, 11) is -2.45. The van der Waals surface area contributed by atoms with Gasteiger partial charge >= 0.3 is 0 Å². The molecule has 0 fully saturated rings. The van der Waals surface area contributed by atoms with E-state index in [9.17, 15) is 18.0 Å². The van der Waals surface area contributed by atoms with Crippen molar-refractivity contribution in [3.05, 3.63) is 57.0 Å². The van der Waals surface area contributed by atoms with Crippen LogP contribution in [-0.2, 0) is 26.2 Å². The van der Waals surface area contributed by atoms with Crippen LogP contribution in [0.4, 0.5) is 5.69 Å². The fourth-order valence-corrected chi connectivity index (χ4v) is 4.66. The lowest BCUT2D eigenvalue weighted by Crippen LogP contribution is -2.52. The van der Waals surface area contributed by atoms with Crippen molar-refractivity contribution < 1.29 is 22.7 Å². The van der Waals surface area contributed by atoms with Crippen LogP contribution in [0.5, 0.6) is 5.75 Å². The summed E-state index contributed by atoms with van der Waals surface area (Å²) in [6.45, 7) is 4.62. The molecule has 2 aromatic carbocycles. The highest BCUT2D eigenvalue weighted by molar-refractivity contribution is 7.92. The van der Waals surface area contributed by atoms with Gasteiger partial charge in [0.1, 0.15) is 18.3 Å². The third-order valence-corrected chi connectivity index (χ3v) is 7.21. The Hall–Kier alpha value is -2.20. The lowest BCUT2D eigenvalue weighted by atomic mass is 10.1. The molecule has 0 spiro atoms. The van der Waals surface area contributed by atoms with E-state index in [2.05, 4.69) is 5.32 Å². The molecule has 12 heteroatoms. The molecule has 1 N–H and O–H groups in total. The Labute approximate surface area is 221 Å². The summed E-state index contributed by atoms with van der Waals surface area (Å²) >= 11 is 18.3. The molecule has 0 saturated heterocycles. The zero-order valence-corrected chi connectivity index (χ0v) is 23.1. The van der Waals surface area contributed by atoms with Crippen molar-refractivity contribution in [2.45, 2.75) is 39.4 Å². The molecule has 8 nitrogen and oxygen atoms in total. The van der Waals surface area contributed by atoms with Crippen molar-refractivity contribution in [2.24, 2.45) is 0 Å². The minimum atomic E-state index is -3.89. The zero-order valence-electron chi connectivity index (χ0n) is 20.0. The number of hydrogen-bond donors (Lipinski definition) is 1. The van der Waals surface area contributed by atoms with Crippen LogP contribution < -0.4 is 14.4 Å². The first-order valence-corrected chi connectivity index (χ1v) is 13.6. The van der Waals surface area contributed by atoms with Crippen LogP contribution in [0.25, 0.3) is 0 Å². The van der Waals surface area contributed by atoms with E-state index in [-0.39, 0.29) is 29.2 Å². The summed E-state index contributed by atoms with van der Waals surface area (Å²) in [6, 6.07) is 8.19. The molecule has 2 aromatic rings. The number of hydrogen-bond acceptors (Lipinski definition) is 5. The molecule has 0 aliphatic carbocycles. The van der Waals surface area contributed by atoms with E-state index in [0.29, 0.717) is 21.4 Å². The smallest absolute Gasteiger partial charge is 0.244 e. The maximum atomic E-state index is 13.5. The summed E-state index contributed by atoms with van der Waals surface area (Å²) in [4.78, 5) is 27.5. The molecule has 35 heavy (non-hydrogen) atoms. The van der Waals surface area contributed by atoms with E-state index in [1.165, 1.54) is 30.2 Å². The standard InChI is InChI=1S/C23H28Cl3N3O5S/c1-14(2)27-23(31)15(3)28(12-16-6-8-18(24)19(25)10-16)22(30)13-29(35(5,32)33)17-7-9-21(34-4)20(26)11-17/h6-11,14-15H,12-13H2,1-5H3,(H,27,31)/t15-/m1/s1.